The van der Waals surface area contributed by atoms with Gasteiger partial charge in [0.2, 0.25) is 0 Å². The molecule has 4 aliphatic carbocycles. The van der Waals surface area contributed by atoms with Gasteiger partial charge >= 0.3 is 5.97 Å². The number of imide groups is 1. The fourth-order valence-electron chi connectivity index (χ4n) is 7.52. The number of carbonyl (C=O) groups is 3. The average Bonchev–Trinajstić information content (AvgIpc) is 3.06. The first-order valence-corrected chi connectivity index (χ1v) is 12.3. The van der Waals surface area contributed by atoms with E-state index in [1.165, 1.54) is 61.6 Å². The highest BCUT2D eigenvalue weighted by atomic mass is 16.5. The number of nitrogens with zero attached hydrogens (tertiary/aromatic N) is 1. The fourth-order valence-corrected chi connectivity index (χ4v) is 7.52. The monoisotopic (exact) mass is 459 g/mol. The molecule has 4 fully saturated rings. The quantitative estimate of drug-likeness (QED) is 0.592. The molecule has 176 valence electrons. The van der Waals surface area contributed by atoms with Crippen LogP contribution in [0.5, 0.6) is 0 Å². The predicted molar refractivity (Wildman–Crippen MR) is 125 cm³/mol. The number of ether oxygens (including phenoxy) is 1. The molecule has 0 unspecified atom stereocenters. The van der Waals surface area contributed by atoms with Gasteiger partial charge in [0, 0.05) is 0 Å². The summed E-state index contributed by atoms with van der Waals surface area (Å²) >= 11 is 0. The summed E-state index contributed by atoms with van der Waals surface area (Å²) in [5.41, 5.74) is 1.47. The van der Waals surface area contributed by atoms with Crippen LogP contribution in [-0.4, -0.2) is 41.0 Å². The van der Waals surface area contributed by atoms with Crippen molar-refractivity contribution in [2.75, 3.05) is 13.2 Å². The maximum atomic E-state index is 13.3. The molecule has 0 aromatic heterocycles. The number of aromatic carboxylic acids is 1. The highest BCUT2D eigenvalue weighted by Crippen LogP contribution is 2.60. The first kappa shape index (κ1) is 21.5. The van der Waals surface area contributed by atoms with Gasteiger partial charge in [0.15, 0.2) is 0 Å². The van der Waals surface area contributed by atoms with Crippen molar-refractivity contribution in [2.45, 2.75) is 44.6 Å². The SMILES string of the molecule is O=C(O)c1ccc2c(c1)C(=O)N([C@@H](COCC13CC4CC(CC(C4)C1)C3)c1ccccc1)C2=O. The third-order valence-electron chi connectivity index (χ3n) is 8.51. The van der Waals surface area contributed by atoms with Gasteiger partial charge in [0.1, 0.15) is 0 Å². The van der Waals surface area contributed by atoms with Gasteiger partial charge in [0.25, 0.3) is 11.8 Å². The maximum Gasteiger partial charge on any atom is 0.335 e. The van der Waals surface area contributed by atoms with E-state index in [1.54, 1.807) is 0 Å². The Morgan fingerprint density at radius 3 is 2.18 bits per heavy atom. The molecule has 4 bridgehead atoms. The van der Waals surface area contributed by atoms with Crippen LogP contribution in [0.2, 0.25) is 0 Å². The Bertz CT molecular complexity index is 1120. The Kier molecular flexibility index (Phi) is 5.10. The number of fused-ring (bicyclic) bond motifs is 1. The standard InChI is InChI=1S/C28H29NO5/c30-25-22-7-6-21(27(32)33)11-23(22)26(31)29(25)24(20-4-2-1-3-5-20)15-34-16-28-12-17-8-18(13-28)10-19(9-17)14-28/h1-7,11,17-19,24H,8-10,12-16H2,(H,32,33)/t17?,18?,19?,24-,28?/m0/s1. The Morgan fingerprint density at radius 1 is 0.941 bits per heavy atom. The fraction of sp³-hybridized carbons (Fsp3) is 0.464. The van der Waals surface area contributed by atoms with Crippen molar-refractivity contribution >= 4 is 17.8 Å². The summed E-state index contributed by atoms with van der Waals surface area (Å²) in [6.07, 6.45) is 7.83. The molecule has 2 aromatic rings. The zero-order valence-electron chi connectivity index (χ0n) is 19.1. The average molecular weight is 460 g/mol. The summed E-state index contributed by atoms with van der Waals surface area (Å²) < 4.78 is 6.36. The molecule has 0 saturated heterocycles. The number of rotatable bonds is 7. The topological polar surface area (TPSA) is 83.9 Å². The largest absolute Gasteiger partial charge is 0.478 e. The molecule has 2 aromatic carbocycles. The molecule has 2 amide bonds. The highest BCUT2D eigenvalue weighted by Gasteiger charge is 2.51. The Hall–Kier alpha value is -2.99. The molecule has 0 radical (unpaired) electrons. The lowest BCUT2D eigenvalue weighted by Crippen LogP contribution is -2.48. The van der Waals surface area contributed by atoms with Gasteiger partial charge in [-0.2, -0.15) is 0 Å². The minimum Gasteiger partial charge on any atom is -0.478 e. The Balaban J connectivity index is 1.24. The Labute approximate surface area is 198 Å². The van der Waals surface area contributed by atoms with Crippen LogP contribution in [0.15, 0.2) is 48.5 Å². The van der Waals surface area contributed by atoms with E-state index in [4.69, 9.17) is 4.74 Å². The second-order valence-corrected chi connectivity index (χ2v) is 10.9. The number of carbonyl (C=O) groups excluding carboxylic acids is 2. The lowest BCUT2D eigenvalue weighted by Gasteiger charge is -2.56. The lowest BCUT2D eigenvalue weighted by atomic mass is 9.50. The molecule has 34 heavy (non-hydrogen) atoms. The molecule has 0 spiro atoms. The van der Waals surface area contributed by atoms with Crippen molar-refractivity contribution in [1.29, 1.82) is 0 Å². The van der Waals surface area contributed by atoms with E-state index in [1.807, 2.05) is 30.3 Å². The second-order valence-electron chi connectivity index (χ2n) is 10.9. The summed E-state index contributed by atoms with van der Waals surface area (Å²) in [6, 6.07) is 13.1. The van der Waals surface area contributed by atoms with Gasteiger partial charge in [-0.05, 0) is 85.5 Å². The third-order valence-corrected chi connectivity index (χ3v) is 8.51. The van der Waals surface area contributed by atoms with Crippen LogP contribution in [0.3, 0.4) is 0 Å². The van der Waals surface area contributed by atoms with Crippen LogP contribution in [0, 0.1) is 23.2 Å². The van der Waals surface area contributed by atoms with Gasteiger partial charge in [-0.25, -0.2) is 4.79 Å². The summed E-state index contributed by atoms with van der Waals surface area (Å²) in [7, 11) is 0. The summed E-state index contributed by atoms with van der Waals surface area (Å²) in [4.78, 5) is 39.3. The second kappa shape index (κ2) is 8.05. The minimum absolute atomic E-state index is 0.00363. The van der Waals surface area contributed by atoms with Gasteiger partial charge in [-0.3, -0.25) is 14.5 Å². The molecule has 6 heteroatoms. The zero-order valence-corrected chi connectivity index (χ0v) is 19.1. The van der Waals surface area contributed by atoms with Crippen LogP contribution < -0.4 is 0 Å². The molecule has 7 rings (SSSR count). The number of benzene rings is 2. The molecule has 1 heterocycles. The van der Waals surface area contributed by atoms with Gasteiger partial charge in [0.05, 0.1) is 35.9 Å². The molecular formula is C28H29NO5. The molecule has 6 nitrogen and oxygen atoms in total. The number of carboxylic acids is 1. The van der Waals surface area contributed by atoms with E-state index >= 15 is 0 Å². The van der Waals surface area contributed by atoms with Crippen molar-refractivity contribution in [3.63, 3.8) is 0 Å². The molecule has 1 atom stereocenters. The normalized spacial score (nSPS) is 30.0. The lowest BCUT2D eigenvalue weighted by molar-refractivity contribution is -0.100. The molecule has 5 aliphatic rings. The zero-order chi connectivity index (χ0) is 23.4. The van der Waals surface area contributed by atoms with Crippen molar-refractivity contribution in [3.05, 3.63) is 70.8 Å². The van der Waals surface area contributed by atoms with Crippen LogP contribution in [0.25, 0.3) is 0 Å². The maximum absolute atomic E-state index is 13.3. The van der Waals surface area contributed by atoms with Gasteiger partial charge in [-0.15, -0.1) is 0 Å². The van der Waals surface area contributed by atoms with Crippen molar-refractivity contribution in [2.24, 2.45) is 23.2 Å². The first-order chi connectivity index (χ1) is 16.4. The molecule has 4 saturated carbocycles. The van der Waals surface area contributed by atoms with Crippen molar-refractivity contribution in [1.82, 2.24) is 4.90 Å². The van der Waals surface area contributed by atoms with E-state index in [9.17, 15) is 19.5 Å². The van der Waals surface area contributed by atoms with E-state index in [2.05, 4.69) is 0 Å². The van der Waals surface area contributed by atoms with E-state index in [0.717, 1.165) is 23.3 Å². The van der Waals surface area contributed by atoms with E-state index in [-0.39, 0.29) is 28.7 Å². The van der Waals surface area contributed by atoms with Crippen LogP contribution in [0.4, 0.5) is 0 Å². The van der Waals surface area contributed by atoms with Gasteiger partial charge in [-0.1, -0.05) is 30.3 Å². The number of carboxylic acid groups (broad SMARTS) is 1. The molecule has 1 N–H and O–H groups in total. The minimum atomic E-state index is -1.12. The predicted octanol–water partition coefficient (Wildman–Crippen LogP) is 4.96. The smallest absolute Gasteiger partial charge is 0.335 e. The number of amides is 2. The van der Waals surface area contributed by atoms with Gasteiger partial charge < -0.3 is 9.84 Å². The summed E-state index contributed by atoms with van der Waals surface area (Å²) in [5.74, 6) is 0.512. The third kappa shape index (κ3) is 3.56. The number of hydrogen-bond donors (Lipinski definition) is 1. The first-order valence-electron chi connectivity index (χ1n) is 12.3. The Morgan fingerprint density at radius 2 is 1.56 bits per heavy atom. The van der Waals surface area contributed by atoms with Crippen LogP contribution in [-0.2, 0) is 4.74 Å². The van der Waals surface area contributed by atoms with E-state index in [0.29, 0.717) is 6.61 Å². The summed E-state index contributed by atoms with van der Waals surface area (Å²) in [6.45, 7) is 0.912. The van der Waals surface area contributed by atoms with E-state index < -0.39 is 23.8 Å². The molecular weight excluding hydrogens is 430 g/mol. The summed E-state index contributed by atoms with van der Waals surface area (Å²) in [5, 5.41) is 9.32. The van der Waals surface area contributed by atoms with Crippen molar-refractivity contribution < 1.29 is 24.2 Å². The van der Waals surface area contributed by atoms with Crippen LogP contribution >= 0.6 is 0 Å². The van der Waals surface area contributed by atoms with Crippen molar-refractivity contribution in [3.8, 4) is 0 Å². The number of hydrogen-bond acceptors (Lipinski definition) is 4. The molecule has 1 aliphatic heterocycles. The highest BCUT2D eigenvalue weighted by molar-refractivity contribution is 6.22. The van der Waals surface area contributed by atoms with Crippen LogP contribution in [0.1, 0.15) is 81.2 Å².